The van der Waals surface area contributed by atoms with Crippen LogP contribution in [0, 0.1) is 31.6 Å². The number of unbranched alkanes of at least 4 members (excludes halogenated alkanes) is 2. The number of fused-ring (bicyclic) bond motifs is 1. The third-order valence-corrected chi connectivity index (χ3v) is 9.26. The molecule has 1 aromatic carbocycles. The summed E-state index contributed by atoms with van der Waals surface area (Å²) in [5.41, 5.74) is 0.479. The molecular formula is C32H44N2O6. The lowest BCUT2D eigenvalue weighted by atomic mass is 9.62. The Morgan fingerprint density at radius 1 is 1.27 bits per heavy atom. The molecule has 0 radical (unpaired) electrons. The molecule has 0 saturated carbocycles. The van der Waals surface area contributed by atoms with E-state index in [-0.39, 0.29) is 37.5 Å². The fourth-order valence-corrected chi connectivity index (χ4v) is 7.12. The van der Waals surface area contributed by atoms with Gasteiger partial charge in [-0.1, -0.05) is 31.2 Å². The number of benzene rings is 1. The first-order valence-corrected chi connectivity index (χ1v) is 14.4. The van der Waals surface area contributed by atoms with Crippen molar-refractivity contribution in [1.29, 1.82) is 0 Å². The van der Waals surface area contributed by atoms with Crippen molar-refractivity contribution in [2.75, 3.05) is 24.7 Å². The molecule has 3 heterocycles. The lowest BCUT2D eigenvalue weighted by Gasteiger charge is -2.39. The van der Waals surface area contributed by atoms with Crippen molar-refractivity contribution >= 4 is 23.5 Å². The van der Waals surface area contributed by atoms with E-state index in [1.165, 1.54) is 4.90 Å². The minimum absolute atomic E-state index is 0.0943. The predicted molar refractivity (Wildman–Crippen MR) is 154 cm³/mol. The Bertz CT molecular complexity index is 1180. The van der Waals surface area contributed by atoms with E-state index < -0.39 is 41.1 Å². The summed E-state index contributed by atoms with van der Waals surface area (Å²) in [6.07, 6.45) is 6.33. The van der Waals surface area contributed by atoms with Crippen molar-refractivity contribution in [3.63, 3.8) is 0 Å². The summed E-state index contributed by atoms with van der Waals surface area (Å²) in [5, 5.41) is 10.2. The zero-order chi connectivity index (χ0) is 29.4. The zero-order valence-electron chi connectivity index (χ0n) is 24.5. The Balaban J connectivity index is 1.77. The Kier molecular flexibility index (Phi) is 8.62. The van der Waals surface area contributed by atoms with Crippen LogP contribution in [0.5, 0.6) is 0 Å². The van der Waals surface area contributed by atoms with Gasteiger partial charge in [-0.2, -0.15) is 0 Å². The lowest BCUT2D eigenvalue weighted by molar-refractivity contribution is -0.162. The van der Waals surface area contributed by atoms with Crippen molar-refractivity contribution in [2.24, 2.45) is 17.8 Å². The second-order valence-electron chi connectivity index (χ2n) is 12.0. The van der Waals surface area contributed by atoms with Crippen LogP contribution in [0.4, 0.5) is 5.69 Å². The number of ether oxygens (including phenoxy) is 2. The number of hydrogen-bond donors (Lipinski definition) is 1. The van der Waals surface area contributed by atoms with Crippen LogP contribution in [0.3, 0.4) is 0 Å². The monoisotopic (exact) mass is 552 g/mol. The number of carbonyl (C=O) groups is 3. The van der Waals surface area contributed by atoms with Crippen LogP contribution >= 0.6 is 0 Å². The molecule has 1 N–H and O–H groups in total. The van der Waals surface area contributed by atoms with Crippen molar-refractivity contribution < 1.29 is 29.0 Å². The van der Waals surface area contributed by atoms with Crippen LogP contribution in [0.15, 0.2) is 43.5 Å². The lowest BCUT2D eigenvalue weighted by Crippen LogP contribution is -2.58. The number of likely N-dealkylation sites (tertiary alicyclic amines) is 1. The number of carbonyl (C=O) groups excluding carboxylic acids is 3. The highest BCUT2D eigenvalue weighted by Gasteiger charge is 2.80. The van der Waals surface area contributed by atoms with Gasteiger partial charge in [0.25, 0.3) is 5.91 Å². The van der Waals surface area contributed by atoms with E-state index in [0.717, 1.165) is 29.7 Å². The number of rotatable bonds is 12. The summed E-state index contributed by atoms with van der Waals surface area (Å²) < 4.78 is 12.5. The number of aryl methyl sites for hydroxylation is 2. The Morgan fingerprint density at radius 3 is 2.65 bits per heavy atom. The van der Waals surface area contributed by atoms with Crippen LogP contribution < -0.4 is 4.90 Å². The third-order valence-electron chi connectivity index (χ3n) is 9.26. The Morgan fingerprint density at radius 2 is 2.00 bits per heavy atom. The molecule has 3 aliphatic heterocycles. The van der Waals surface area contributed by atoms with E-state index >= 15 is 0 Å². The molecule has 2 bridgehead atoms. The summed E-state index contributed by atoms with van der Waals surface area (Å²) in [7, 11) is 0. The van der Waals surface area contributed by atoms with E-state index in [9.17, 15) is 19.5 Å². The quantitative estimate of drug-likeness (QED) is 0.238. The molecule has 8 nitrogen and oxygen atoms in total. The van der Waals surface area contributed by atoms with E-state index in [2.05, 4.69) is 13.2 Å². The summed E-state index contributed by atoms with van der Waals surface area (Å²) in [4.78, 5) is 45.6. The standard InChI is InChI=1S/C32H44N2O6/c1-8-10-11-12-16-39-30(38)26-25-28(36)34(23(6)19-35)27(32(25)18-22(5)31(26,7)40-32)29(37)33(15-9-2)24-17-20(3)13-14-21(24)4/h8-9,13-14,17,22-23,25-27,35H,1-2,10-12,15-16,18-19H2,3-7H3/t22?,23-,25+,26-,27?,31+,32?/m1/s1. The zero-order valence-corrected chi connectivity index (χ0v) is 24.5. The van der Waals surface area contributed by atoms with Crippen molar-refractivity contribution in [3.05, 3.63) is 54.6 Å². The van der Waals surface area contributed by atoms with Gasteiger partial charge in [-0.15, -0.1) is 13.2 Å². The minimum Gasteiger partial charge on any atom is -0.465 e. The van der Waals surface area contributed by atoms with Crippen LogP contribution in [-0.2, 0) is 23.9 Å². The molecule has 3 aliphatic rings. The van der Waals surface area contributed by atoms with Gasteiger partial charge in [0, 0.05) is 12.2 Å². The van der Waals surface area contributed by atoms with Gasteiger partial charge in [-0.05, 0) is 76.5 Å². The number of anilines is 1. The van der Waals surface area contributed by atoms with Gasteiger partial charge in [0.2, 0.25) is 5.91 Å². The molecule has 0 aliphatic carbocycles. The molecule has 218 valence electrons. The molecule has 40 heavy (non-hydrogen) atoms. The molecule has 3 unspecified atom stereocenters. The molecule has 8 heteroatoms. The van der Waals surface area contributed by atoms with Gasteiger partial charge in [0.15, 0.2) is 0 Å². The minimum atomic E-state index is -1.21. The maximum Gasteiger partial charge on any atom is 0.312 e. The number of allylic oxidation sites excluding steroid dienone is 1. The van der Waals surface area contributed by atoms with Gasteiger partial charge in [0.1, 0.15) is 17.6 Å². The van der Waals surface area contributed by atoms with Gasteiger partial charge >= 0.3 is 5.97 Å². The van der Waals surface area contributed by atoms with Crippen LogP contribution in [0.25, 0.3) is 0 Å². The average molecular weight is 553 g/mol. The molecule has 0 aromatic heterocycles. The summed E-state index contributed by atoms with van der Waals surface area (Å²) >= 11 is 0. The third kappa shape index (κ3) is 4.69. The Hall–Kier alpha value is -2.97. The predicted octanol–water partition coefficient (Wildman–Crippen LogP) is 4.11. The van der Waals surface area contributed by atoms with E-state index in [4.69, 9.17) is 9.47 Å². The van der Waals surface area contributed by atoms with E-state index in [0.29, 0.717) is 12.8 Å². The number of nitrogens with zero attached hydrogens (tertiary/aromatic N) is 2. The molecule has 1 aromatic rings. The largest absolute Gasteiger partial charge is 0.465 e. The van der Waals surface area contributed by atoms with Gasteiger partial charge in [-0.3, -0.25) is 14.4 Å². The van der Waals surface area contributed by atoms with Crippen molar-refractivity contribution in [1.82, 2.24) is 4.90 Å². The molecule has 3 saturated heterocycles. The normalized spacial score (nSPS) is 31.1. The van der Waals surface area contributed by atoms with Gasteiger partial charge in [-0.25, -0.2) is 0 Å². The highest BCUT2D eigenvalue weighted by Crippen LogP contribution is 2.65. The first kappa shape index (κ1) is 30.0. The fourth-order valence-electron chi connectivity index (χ4n) is 7.12. The average Bonchev–Trinajstić information content (AvgIpc) is 3.44. The summed E-state index contributed by atoms with van der Waals surface area (Å²) in [6, 6.07) is 4.24. The maximum absolute atomic E-state index is 14.7. The number of aliphatic hydroxyl groups is 1. The molecule has 7 atom stereocenters. The number of amides is 2. The highest BCUT2D eigenvalue weighted by atomic mass is 16.6. The van der Waals surface area contributed by atoms with Gasteiger partial charge in [0.05, 0.1) is 30.8 Å². The Labute approximate surface area is 238 Å². The number of esters is 1. The van der Waals surface area contributed by atoms with Crippen molar-refractivity contribution in [3.8, 4) is 0 Å². The fraction of sp³-hybridized carbons (Fsp3) is 0.594. The van der Waals surface area contributed by atoms with Gasteiger partial charge < -0.3 is 24.4 Å². The first-order valence-electron chi connectivity index (χ1n) is 14.4. The second kappa shape index (κ2) is 11.5. The topological polar surface area (TPSA) is 96.4 Å². The molecule has 3 fully saturated rings. The highest BCUT2D eigenvalue weighted by molar-refractivity contribution is 6.05. The van der Waals surface area contributed by atoms with Crippen LogP contribution in [0.2, 0.25) is 0 Å². The number of hydrogen-bond acceptors (Lipinski definition) is 6. The number of aliphatic hydroxyl groups excluding tert-OH is 1. The van der Waals surface area contributed by atoms with E-state index in [1.54, 1.807) is 17.9 Å². The smallest absolute Gasteiger partial charge is 0.312 e. The second-order valence-corrected chi connectivity index (χ2v) is 12.0. The molecule has 4 rings (SSSR count). The van der Waals surface area contributed by atoms with Crippen LogP contribution in [-0.4, -0.2) is 70.8 Å². The molecule has 1 spiro atoms. The summed E-state index contributed by atoms with van der Waals surface area (Å²) in [5.74, 6) is -2.93. The maximum atomic E-state index is 14.7. The molecular weight excluding hydrogens is 508 g/mol. The molecule has 2 amide bonds. The van der Waals surface area contributed by atoms with Crippen molar-refractivity contribution in [2.45, 2.75) is 83.6 Å². The summed E-state index contributed by atoms with van der Waals surface area (Å²) in [6.45, 7) is 17.3. The van der Waals surface area contributed by atoms with Crippen LogP contribution in [0.1, 0.15) is 57.6 Å². The SMILES string of the molecule is C=CCCCCOC(=O)[C@H]1[C@H]2C(=O)N([C@H](C)CO)C(C(=O)N(CC=C)c3cc(C)ccc3C)C23CC(C)[C@]1(C)O3. The first-order chi connectivity index (χ1) is 19.0. The van der Waals surface area contributed by atoms with E-state index in [1.807, 2.05) is 52.0 Å².